The maximum Gasteiger partial charge on any atom is 0.0991 e. The zero-order chi connectivity index (χ0) is 20.1. The second kappa shape index (κ2) is 8.59. The SMILES string of the molecule is Cc1ccc(Cc2ccccc2)cc1-c1cc(C#N)ccc1Cc1ccccc1. The Kier molecular flexibility index (Phi) is 5.54. The van der Waals surface area contributed by atoms with E-state index < -0.39 is 0 Å². The van der Waals surface area contributed by atoms with E-state index in [2.05, 4.69) is 85.8 Å². The van der Waals surface area contributed by atoms with Crippen molar-refractivity contribution in [1.29, 1.82) is 5.26 Å². The van der Waals surface area contributed by atoms with Gasteiger partial charge in [-0.15, -0.1) is 0 Å². The molecule has 0 saturated heterocycles. The van der Waals surface area contributed by atoms with Crippen LogP contribution in [0.5, 0.6) is 0 Å². The summed E-state index contributed by atoms with van der Waals surface area (Å²) < 4.78 is 0. The van der Waals surface area contributed by atoms with Gasteiger partial charge in [-0.3, -0.25) is 0 Å². The summed E-state index contributed by atoms with van der Waals surface area (Å²) in [6.07, 6.45) is 1.75. The largest absolute Gasteiger partial charge is 0.192 e. The first kappa shape index (κ1) is 18.7. The Bertz CT molecular complexity index is 1150. The third kappa shape index (κ3) is 4.45. The summed E-state index contributed by atoms with van der Waals surface area (Å²) >= 11 is 0. The van der Waals surface area contributed by atoms with Crippen LogP contribution in [0.1, 0.15) is 33.4 Å². The van der Waals surface area contributed by atoms with Crippen LogP contribution < -0.4 is 0 Å². The predicted octanol–water partition coefficient (Wildman–Crippen LogP) is 6.72. The molecule has 0 amide bonds. The predicted molar refractivity (Wildman–Crippen MR) is 120 cm³/mol. The number of hydrogen-bond acceptors (Lipinski definition) is 1. The van der Waals surface area contributed by atoms with Gasteiger partial charge in [0.1, 0.15) is 0 Å². The molecule has 140 valence electrons. The van der Waals surface area contributed by atoms with Crippen molar-refractivity contribution in [3.8, 4) is 17.2 Å². The highest BCUT2D eigenvalue weighted by atomic mass is 14.2. The fourth-order valence-corrected chi connectivity index (χ4v) is 3.77. The molecule has 0 aliphatic carbocycles. The maximum absolute atomic E-state index is 9.46. The van der Waals surface area contributed by atoms with E-state index in [-0.39, 0.29) is 0 Å². The lowest BCUT2D eigenvalue weighted by Gasteiger charge is -2.15. The van der Waals surface area contributed by atoms with Crippen molar-refractivity contribution in [2.24, 2.45) is 0 Å². The van der Waals surface area contributed by atoms with Crippen molar-refractivity contribution in [3.05, 3.63) is 130 Å². The van der Waals surface area contributed by atoms with Crippen LogP contribution in [0.25, 0.3) is 11.1 Å². The molecule has 0 heterocycles. The summed E-state index contributed by atoms with van der Waals surface area (Å²) in [4.78, 5) is 0. The lowest BCUT2D eigenvalue weighted by molar-refractivity contribution is 1.17. The minimum atomic E-state index is 0.699. The van der Waals surface area contributed by atoms with Crippen molar-refractivity contribution in [3.63, 3.8) is 0 Å². The van der Waals surface area contributed by atoms with Crippen LogP contribution in [-0.2, 0) is 12.8 Å². The quantitative estimate of drug-likeness (QED) is 0.381. The molecular weight excluding hydrogens is 350 g/mol. The van der Waals surface area contributed by atoms with E-state index in [0.29, 0.717) is 5.56 Å². The molecule has 1 nitrogen and oxygen atoms in total. The number of hydrogen-bond donors (Lipinski definition) is 0. The molecule has 4 rings (SSSR count). The number of aryl methyl sites for hydroxylation is 1. The van der Waals surface area contributed by atoms with Crippen LogP contribution in [-0.4, -0.2) is 0 Å². The van der Waals surface area contributed by atoms with Crippen LogP contribution >= 0.6 is 0 Å². The number of benzene rings is 4. The highest BCUT2D eigenvalue weighted by molar-refractivity contribution is 5.73. The minimum Gasteiger partial charge on any atom is -0.192 e. The molecule has 0 fully saturated rings. The van der Waals surface area contributed by atoms with Crippen molar-refractivity contribution >= 4 is 0 Å². The standard InChI is InChI=1S/C28H23N/c1-21-12-13-24(16-22-8-4-2-5-9-22)18-27(21)28-19-25(20-29)14-15-26(28)17-23-10-6-3-7-11-23/h2-15,18-19H,16-17H2,1H3. The van der Waals surface area contributed by atoms with E-state index in [9.17, 15) is 5.26 Å². The molecule has 0 radical (unpaired) electrons. The van der Waals surface area contributed by atoms with E-state index >= 15 is 0 Å². The molecule has 0 aliphatic heterocycles. The first-order valence-corrected chi connectivity index (χ1v) is 9.94. The summed E-state index contributed by atoms with van der Waals surface area (Å²) in [7, 11) is 0. The summed E-state index contributed by atoms with van der Waals surface area (Å²) in [6.45, 7) is 2.15. The van der Waals surface area contributed by atoms with Gasteiger partial charge in [0.25, 0.3) is 0 Å². The summed E-state index contributed by atoms with van der Waals surface area (Å²) in [6, 6.07) is 36.1. The second-order valence-electron chi connectivity index (χ2n) is 7.46. The molecule has 29 heavy (non-hydrogen) atoms. The Labute approximate surface area is 172 Å². The van der Waals surface area contributed by atoms with Gasteiger partial charge >= 0.3 is 0 Å². The molecule has 0 spiro atoms. The average molecular weight is 373 g/mol. The number of nitrogens with zero attached hydrogens (tertiary/aromatic N) is 1. The van der Waals surface area contributed by atoms with E-state index in [1.807, 2.05) is 24.3 Å². The lowest BCUT2D eigenvalue weighted by atomic mass is 9.89. The van der Waals surface area contributed by atoms with Gasteiger partial charge in [-0.25, -0.2) is 0 Å². The van der Waals surface area contributed by atoms with E-state index in [0.717, 1.165) is 18.4 Å². The molecule has 4 aromatic carbocycles. The highest BCUT2D eigenvalue weighted by Crippen LogP contribution is 2.31. The second-order valence-corrected chi connectivity index (χ2v) is 7.46. The summed E-state index contributed by atoms with van der Waals surface area (Å²) in [5, 5.41) is 9.46. The molecule has 0 saturated carbocycles. The minimum absolute atomic E-state index is 0.699. The summed E-state index contributed by atoms with van der Waals surface area (Å²) in [5.41, 5.74) is 9.40. The summed E-state index contributed by atoms with van der Waals surface area (Å²) in [5.74, 6) is 0. The first-order chi connectivity index (χ1) is 14.2. The molecule has 0 unspecified atom stereocenters. The zero-order valence-electron chi connectivity index (χ0n) is 16.6. The molecule has 0 atom stereocenters. The molecule has 1 heteroatoms. The van der Waals surface area contributed by atoms with E-state index in [1.54, 1.807) is 0 Å². The Morgan fingerprint density at radius 2 is 1.28 bits per heavy atom. The first-order valence-electron chi connectivity index (χ1n) is 9.94. The van der Waals surface area contributed by atoms with Gasteiger partial charge in [0.05, 0.1) is 11.6 Å². The van der Waals surface area contributed by atoms with Crippen molar-refractivity contribution in [1.82, 2.24) is 0 Å². The van der Waals surface area contributed by atoms with Gasteiger partial charge in [0, 0.05) is 0 Å². The monoisotopic (exact) mass is 373 g/mol. The Morgan fingerprint density at radius 1 is 0.621 bits per heavy atom. The van der Waals surface area contributed by atoms with Gasteiger partial charge in [-0.05, 0) is 70.8 Å². The smallest absolute Gasteiger partial charge is 0.0991 e. The Hall–Kier alpha value is -3.63. The Balaban J connectivity index is 1.76. The van der Waals surface area contributed by atoms with Crippen LogP contribution in [0, 0.1) is 18.3 Å². The van der Waals surface area contributed by atoms with Crippen molar-refractivity contribution in [2.45, 2.75) is 19.8 Å². The third-order valence-corrected chi connectivity index (χ3v) is 5.32. The fraction of sp³-hybridized carbons (Fsp3) is 0.107. The molecule has 0 bridgehead atoms. The van der Waals surface area contributed by atoms with Gasteiger partial charge in [-0.1, -0.05) is 84.9 Å². The van der Waals surface area contributed by atoms with E-state index in [1.165, 1.54) is 33.4 Å². The zero-order valence-corrected chi connectivity index (χ0v) is 16.6. The molecular formula is C28H23N. The molecule has 0 aliphatic rings. The van der Waals surface area contributed by atoms with E-state index in [4.69, 9.17) is 0 Å². The molecule has 4 aromatic rings. The normalized spacial score (nSPS) is 10.5. The average Bonchev–Trinajstić information content (AvgIpc) is 2.77. The Morgan fingerprint density at radius 3 is 1.93 bits per heavy atom. The number of rotatable bonds is 5. The molecule has 0 aromatic heterocycles. The van der Waals surface area contributed by atoms with Gasteiger partial charge in [0.2, 0.25) is 0 Å². The maximum atomic E-state index is 9.46. The van der Waals surface area contributed by atoms with Crippen molar-refractivity contribution < 1.29 is 0 Å². The fourth-order valence-electron chi connectivity index (χ4n) is 3.77. The van der Waals surface area contributed by atoms with Crippen LogP contribution in [0.4, 0.5) is 0 Å². The van der Waals surface area contributed by atoms with Gasteiger partial charge in [-0.2, -0.15) is 5.26 Å². The third-order valence-electron chi connectivity index (χ3n) is 5.32. The van der Waals surface area contributed by atoms with Crippen LogP contribution in [0.2, 0.25) is 0 Å². The highest BCUT2D eigenvalue weighted by Gasteiger charge is 2.11. The molecule has 0 N–H and O–H groups in total. The topological polar surface area (TPSA) is 23.8 Å². The lowest BCUT2D eigenvalue weighted by Crippen LogP contribution is -1.97. The van der Waals surface area contributed by atoms with Crippen LogP contribution in [0.15, 0.2) is 97.1 Å². The van der Waals surface area contributed by atoms with Crippen molar-refractivity contribution in [2.75, 3.05) is 0 Å². The van der Waals surface area contributed by atoms with Crippen LogP contribution in [0.3, 0.4) is 0 Å². The van der Waals surface area contributed by atoms with Gasteiger partial charge < -0.3 is 0 Å². The van der Waals surface area contributed by atoms with Gasteiger partial charge in [0.15, 0.2) is 0 Å². The number of nitriles is 1.